The van der Waals surface area contributed by atoms with Gasteiger partial charge in [-0.05, 0) is 0 Å². The minimum absolute atomic E-state index is 0.0649. The van der Waals surface area contributed by atoms with Crippen LogP contribution in [0.25, 0.3) is 0 Å². The molecule has 0 unspecified atom stereocenters. The molecule has 0 saturated carbocycles. The largest absolute Gasteiger partial charge is 0.489 e. The van der Waals surface area contributed by atoms with E-state index >= 15 is 0 Å². The van der Waals surface area contributed by atoms with E-state index in [-0.39, 0.29) is 17.0 Å². The van der Waals surface area contributed by atoms with E-state index < -0.39 is 4.92 Å². The van der Waals surface area contributed by atoms with E-state index in [1.165, 1.54) is 13.2 Å². The van der Waals surface area contributed by atoms with Crippen LogP contribution in [-0.4, -0.2) is 42.6 Å². The fraction of sp³-hybridized carbons (Fsp3) is 0.333. The lowest BCUT2D eigenvalue weighted by Crippen LogP contribution is -2.23. The van der Waals surface area contributed by atoms with Gasteiger partial charge in [0.05, 0.1) is 12.0 Å². The van der Waals surface area contributed by atoms with Crippen LogP contribution in [0.2, 0.25) is 0 Å². The summed E-state index contributed by atoms with van der Waals surface area (Å²) in [6.45, 7) is 1.62. The van der Waals surface area contributed by atoms with Gasteiger partial charge in [-0.2, -0.15) is 9.84 Å². The van der Waals surface area contributed by atoms with Gasteiger partial charge in [-0.1, -0.05) is 0 Å². The number of hydrogen-bond acceptors (Lipinski definition) is 5. The zero-order valence-electron chi connectivity index (χ0n) is 10.3. The fourth-order valence-corrected chi connectivity index (χ4v) is 1.95. The van der Waals surface area contributed by atoms with Gasteiger partial charge < -0.3 is 9.47 Å². The molecule has 0 bridgehead atoms. The molecule has 0 fully saturated rings. The smallest absolute Gasteiger partial charge is 0.291 e. The molecule has 1 aromatic carbocycles. The minimum atomic E-state index is -0.589. The summed E-state index contributed by atoms with van der Waals surface area (Å²) in [6.07, 6.45) is 1.81. The Labute approximate surface area is 109 Å². The lowest BCUT2D eigenvalue weighted by Gasteiger charge is -2.12. The molecule has 0 saturated heterocycles. The van der Waals surface area contributed by atoms with Crippen LogP contribution in [0.1, 0.15) is 5.56 Å². The summed E-state index contributed by atoms with van der Waals surface area (Å²) in [5, 5.41) is 20.0. The maximum atomic E-state index is 10.9. The molecule has 1 aromatic rings. The van der Waals surface area contributed by atoms with Crippen molar-refractivity contribution in [1.29, 1.82) is 5.26 Å². The van der Waals surface area contributed by atoms with Crippen molar-refractivity contribution in [3.05, 3.63) is 27.8 Å². The number of rotatable bonds is 3. The summed E-state index contributed by atoms with van der Waals surface area (Å²) >= 11 is 0. The number of nitro benzene ring substituents is 1. The van der Waals surface area contributed by atoms with E-state index in [0.29, 0.717) is 25.4 Å². The number of benzene rings is 1. The van der Waals surface area contributed by atoms with Crippen molar-refractivity contribution < 1.29 is 19.0 Å². The molecule has 1 heterocycles. The average molecular weight is 262 g/mol. The van der Waals surface area contributed by atoms with E-state index in [0.717, 1.165) is 0 Å². The Balaban J connectivity index is 2.60. The Kier molecular flexibility index (Phi) is 3.73. The normalized spacial score (nSPS) is 14.4. The molecule has 1 aliphatic heterocycles. The maximum Gasteiger partial charge on any atom is 0.291 e. The Morgan fingerprint density at radius 3 is 2.89 bits per heavy atom. The topological polar surface area (TPSA) is 88.4 Å². The summed E-state index contributed by atoms with van der Waals surface area (Å²) < 4.78 is 12.3. The first kappa shape index (κ1) is 13.0. The van der Waals surface area contributed by atoms with Gasteiger partial charge >= 0.3 is 0 Å². The molecule has 98 valence electrons. The first-order valence-corrected chi connectivity index (χ1v) is 5.62. The fourth-order valence-electron chi connectivity index (χ4n) is 1.95. The molecule has 7 nitrogen and oxygen atoms in total. The van der Waals surface area contributed by atoms with E-state index in [1.54, 1.807) is 6.07 Å². The van der Waals surface area contributed by atoms with E-state index in [2.05, 4.69) is 0 Å². The van der Waals surface area contributed by atoms with E-state index in [9.17, 15) is 10.1 Å². The van der Waals surface area contributed by atoms with Gasteiger partial charge in [0.25, 0.3) is 5.69 Å². The van der Waals surface area contributed by atoms with Crippen LogP contribution in [0.5, 0.6) is 5.75 Å². The molecule has 2 rings (SSSR count). The number of nitriles is 1. The summed E-state index contributed by atoms with van der Waals surface area (Å²) in [5.74, 6) is 0.217. The van der Waals surface area contributed by atoms with Gasteiger partial charge in [-0.15, -0.1) is 0 Å². The van der Waals surface area contributed by atoms with Crippen molar-refractivity contribution in [3.8, 4) is 11.8 Å². The van der Waals surface area contributed by atoms with Crippen LogP contribution in [0.4, 0.5) is 11.4 Å². The monoisotopic (exact) mass is 262 g/mol. The van der Waals surface area contributed by atoms with Crippen LogP contribution < -0.4 is 4.74 Å². The standard InChI is InChI=1S/C12H12N3O4/c1-18-12-9(8-13)10(15(16)17)2-3-11(12)14-4-6-19-7-5-14/h2-4H,5-7H2,1H3/q+1. The molecule has 1 aliphatic rings. The second-order valence-electron chi connectivity index (χ2n) is 3.83. The maximum absolute atomic E-state index is 10.9. The van der Waals surface area contributed by atoms with Crippen LogP contribution in [0.3, 0.4) is 0 Å². The third-order valence-electron chi connectivity index (χ3n) is 2.83. The van der Waals surface area contributed by atoms with Crippen molar-refractivity contribution in [3.63, 3.8) is 0 Å². The summed E-state index contributed by atoms with van der Waals surface area (Å²) in [6, 6.07) is 4.74. The summed E-state index contributed by atoms with van der Waals surface area (Å²) in [4.78, 5) is 10.3. The van der Waals surface area contributed by atoms with Crippen molar-refractivity contribution in [1.82, 2.24) is 0 Å². The highest BCUT2D eigenvalue weighted by atomic mass is 16.6. The van der Waals surface area contributed by atoms with Crippen LogP contribution in [0, 0.1) is 21.4 Å². The van der Waals surface area contributed by atoms with Gasteiger partial charge in [0.2, 0.25) is 11.4 Å². The van der Waals surface area contributed by atoms with Crippen molar-refractivity contribution in [2.24, 2.45) is 0 Å². The molecule has 19 heavy (non-hydrogen) atoms. The summed E-state index contributed by atoms with van der Waals surface area (Å²) in [5.41, 5.74) is 0.314. The second kappa shape index (κ2) is 5.46. The highest BCUT2D eigenvalue weighted by Crippen LogP contribution is 2.36. The molecule has 7 heteroatoms. The lowest BCUT2D eigenvalue weighted by molar-refractivity contribution is -0.451. The molecule has 0 atom stereocenters. The molecule has 0 spiro atoms. The zero-order chi connectivity index (χ0) is 13.8. The molecule has 0 amide bonds. The highest BCUT2D eigenvalue weighted by molar-refractivity contribution is 5.67. The average Bonchev–Trinajstić information content (AvgIpc) is 2.46. The Bertz CT molecular complexity index is 589. The minimum Gasteiger partial charge on any atom is -0.489 e. The molecule has 0 radical (unpaired) electrons. The molecular weight excluding hydrogens is 250 g/mol. The predicted molar refractivity (Wildman–Crippen MR) is 66.0 cm³/mol. The van der Waals surface area contributed by atoms with Crippen LogP contribution in [0.15, 0.2) is 12.1 Å². The zero-order valence-corrected chi connectivity index (χ0v) is 10.3. The van der Waals surface area contributed by atoms with Crippen LogP contribution >= 0.6 is 0 Å². The summed E-state index contributed by atoms with van der Waals surface area (Å²) in [7, 11) is 1.39. The molecule has 0 N–H and O–H groups in total. The van der Waals surface area contributed by atoms with E-state index in [1.807, 2.05) is 16.9 Å². The quantitative estimate of drug-likeness (QED) is 0.464. The Morgan fingerprint density at radius 2 is 2.37 bits per heavy atom. The first-order valence-electron chi connectivity index (χ1n) is 5.62. The first-order chi connectivity index (χ1) is 9.19. The molecule has 0 aliphatic carbocycles. The highest BCUT2D eigenvalue weighted by Gasteiger charge is 2.28. The SMILES string of the molecule is COc1c([N+]2=CCOCC2)ccc([N+](=O)[O-])c1C#N. The lowest BCUT2D eigenvalue weighted by atomic mass is 10.1. The van der Waals surface area contributed by atoms with Crippen LogP contribution in [-0.2, 0) is 4.74 Å². The second-order valence-corrected chi connectivity index (χ2v) is 3.83. The number of hydrogen-bond donors (Lipinski definition) is 0. The van der Waals surface area contributed by atoms with Crippen molar-refractivity contribution >= 4 is 17.6 Å². The number of methoxy groups -OCH3 is 1. The van der Waals surface area contributed by atoms with Gasteiger partial charge in [0.1, 0.15) is 19.3 Å². The Hall–Kier alpha value is -2.46. The van der Waals surface area contributed by atoms with Gasteiger partial charge in [-0.25, -0.2) is 0 Å². The van der Waals surface area contributed by atoms with Crippen molar-refractivity contribution in [2.45, 2.75) is 0 Å². The number of nitro groups is 1. The number of ether oxygens (including phenoxy) is 2. The Morgan fingerprint density at radius 1 is 1.58 bits per heavy atom. The number of nitrogens with zero attached hydrogens (tertiary/aromatic N) is 3. The molecule has 0 aromatic heterocycles. The third kappa shape index (κ3) is 2.39. The van der Waals surface area contributed by atoms with Crippen molar-refractivity contribution in [2.75, 3.05) is 26.9 Å². The van der Waals surface area contributed by atoms with Gasteiger partial charge in [0.15, 0.2) is 18.3 Å². The van der Waals surface area contributed by atoms with Gasteiger partial charge in [-0.3, -0.25) is 10.1 Å². The van der Waals surface area contributed by atoms with E-state index in [4.69, 9.17) is 14.7 Å². The molecular formula is C12H12N3O4+. The predicted octanol–water partition coefficient (Wildman–Crippen LogP) is 1.22. The third-order valence-corrected chi connectivity index (χ3v) is 2.83. The van der Waals surface area contributed by atoms with Gasteiger partial charge in [0, 0.05) is 12.1 Å².